The van der Waals surface area contributed by atoms with Crippen LogP contribution in [0, 0.1) is 35.4 Å². The Morgan fingerprint density at radius 3 is 2.35 bits per heavy atom. The van der Waals surface area contributed by atoms with Crippen LogP contribution in [0.15, 0.2) is 24.3 Å². The van der Waals surface area contributed by atoms with Crippen LogP contribution in [0.1, 0.15) is 73.6 Å². The van der Waals surface area contributed by atoms with Gasteiger partial charge in [0.2, 0.25) is 0 Å². The van der Waals surface area contributed by atoms with Crippen molar-refractivity contribution in [1.82, 2.24) is 15.1 Å². The number of benzene rings is 1. The molecule has 1 atom stereocenters. The lowest BCUT2D eigenvalue weighted by atomic mass is 9.50. The van der Waals surface area contributed by atoms with Crippen molar-refractivity contribution in [2.24, 2.45) is 29.6 Å². The highest BCUT2D eigenvalue weighted by Gasteiger charge is 2.50. The molecule has 4 bridgehead atoms. The van der Waals surface area contributed by atoms with Gasteiger partial charge in [-0.05, 0) is 119 Å². The molecule has 31 heavy (non-hydrogen) atoms. The van der Waals surface area contributed by atoms with Crippen molar-refractivity contribution in [2.45, 2.75) is 70.8 Å². The molecule has 1 aromatic heterocycles. The van der Waals surface area contributed by atoms with Gasteiger partial charge in [-0.3, -0.25) is 4.79 Å². The second kappa shape index (κ2) is 7.46. The van der Waals surface area contributed by atoms with Crippen molar-refractivity contribution in [3.63, 3.8) is 0 Å². The van der Waals surface area contributed by atoms with Gasteiger partial charge in [0.1, 0.15) is 5.82 Å². The normalized spacial score (nSPS) is 32.0. The van der Waals surface area contributed by atoms with Gasteiger partial charge in [0.25, 0.3) is 5.91 Å². The molecule has 164 valence electrons. The zero-order chi connectivity index (χ0) is 21.1. The number of hydrogen-bond donors (Lipinski definition) is 1. The molecule has 0 aliphatic heterocycles. The van der Waals surface area contributed by atoms with Crippen molar-refractivity contribution in [3.8, 4) is 5.69 Å². The Morgan fingerprint density at radius 2 is 1.68 bits per heavy atom. The third-order valence-corrected chi connectivity index (χ3v) is 8.70. The van der Waals surface area contributed by atoms with E-state index in [1.807, 2.05) is 4.68 Å². The summed E-state index contributed by atoms with van der Waals surface area (Å²) < 4.78 is 15.3. The molecular weight excluding hydrogens is 389 g/mol. The molecule has 7 rings (SSSR count). The smallest absolute Gasteiger partial charge is 0.272 e. The molecular formula is C26H32FN3O. The predicted octanol–water partition coefficient (Wildman–Crippen LogP) is 5.08. The van der Waals surface area contributed by atoms with Gasteiger partial charge in [0.15, 0.2) is 5.69 Å². The van der Waals surface area contributed by atoms with Gasteiger partial charge < -0.3 is 5.32 Å². The Hall–Kier alpha value is -2.17. The number of hydrogen-bond acceptors (Lipinski definition) is 2. The topological polar surface area (TPSA) is 46.9 Å². The van der Waals surface area contributed by atoms with E-state index in [9.17, 15) is 9.18 Å². The highest BCUT2D eigenvalue weighted by molar-refractivity contribution is 5.94. The molecule has 1 aromatic carbocycles. The number of halogens is 1. The summed E-state index contributed by atoms with van der Waals surface area (Å²) in [5, 5.41) is 8.14. The summed E-state index contributed by atoms with van der Waals surface area (Å²) in [5.41, 5.74) is 3.61. The van der Waals surface area contributed by atoms with Crippen LogP contribution in [0.25, 0.3) is 5.69 Å². The van der Waals surface area contributed by atoms with Crippen molar-refractivity contribution in [1.29, 1.82) is 0 Å². The monoisotopic (exact) mass is 421 g/mol. The van der Waals surface area contributed by atoms with Crippen LogP contribution in [0.2, 0.25) is 0 Å². The lowest BCUT2D eigenvalue weighted by molar-refractivity contribution is -0.0481. The summed E-state index contributed by atoms with van der Waals surface area (Å²) in [6.07, 6.45) is 10.9. The van der Waals surface area contributed by atoms with Crippen LogP contribution in [0.5, 0.6) is 0 Å². The molecule has 1 amide bonds. The van der Waals surface area contributed by atoms with E-state index in [1.165, 1.54) is 44.2 Å². The molecule has 4 nitrogen and oxygen atoms in total. The van der Waals surface area contributed by atoms with Gasteiger partial charge in [-0.1, -0.05) is 0 Å². The maximum Gasteiger partial charge on any atom is 0.272 e. The van der Waals surface area contributed by atoms with E-state index in [1.54, 1.807) is 12.1 Å². The minimum absolute atomic E-state index is 0.0275. The van der Waals surface area contributed by atoms with Gasteiger partial charge in [-0.2, -0.15) is 5.10 Å². The molecule has 4 saturated carbocycles. The Kier molecular flexibility index (Phi) is 4.69. The van der Waals surface area contributed by atoms with Gasteiger partial charge in [0, 0.05) is 17.3 Å². The highest BCUT2D eigenvalue weighted by Crippen LogP contribution is 2.57. The van der Waals surface area contributed by atoms with Crippen molar-refractivity contribution < 1.29 is 9.18 Å². The van der Waals surface area contributed by atoms with E-state index in [0.29, 0.717) is 11.6 Å². The van der Waals surface area contributed by atoms with Gasteiger partial charge in [-0.15, -0.1) is 0 Å². The number of amides is 1. The van der Waals surface area contributed by atoms with E-state index < -0.39 is 0 Å². The molecule has 1 unspecified atom stereocenters. The minimum atomic E-state index is -0.257. The van der Waals surface area contributed by atoms with Crippen molar-refractivity contribution in [2.75, 3.05) is 0 Å². The average Bonchev–Trinajstić information content (AvgIpc) is 3.13. The Bertz CT molecular complexity index is 967. The predicted molar refractivity (Wildman–Crippen MR) is 118 cm³/mol. The van der Waals surface area contributed by atoms with Gasteiger partial charge >= 0.3 is 0 Å². The molecule has 4 fully saturated rings. The summed E-state index contributed by atoms with van der Waals surface area (Å²) in [5.74, 6) is 3.80. The molecule has 2 aromatic rings. The second-order valence-electron chi connectivity index (χ2n) is 10.6. The van der Waals surface area contributed by atoms with Crippen molar-refractivity contribution >= 4 is 5.91 Å². The number of fused-ring (bicyclic) bond motifs is 1. The maximum absolute atomic E-state index is 13.4. The number of nitrogens with zero attached hydrogens (tertiary/aromatic N) is 2. The standard InChI is InChI=1S/C26H32FN3O/c1-15(24-18-11-16-10-17(13-18)14-19(24)12-16)28-26(31)25-22-4-2-3-5-23(22)30(29-25)21-8-6-20(27)7-9-21/h6-9,15-19,24H,2-5,10-14H2,1H3,(H,28,31). The molecule has 0 radical (unpaired) electrons. The van der Waals surface area contributed by atoms with Gasteiger partial charge in [-0.25, -0.2) is 9.07 Å². The first-order valence-corrected chi connectivity index (χ1v) is 12.2. The fourth-order valence-electron chi connectivity index (χ4n) is 7.73. The van der Waals surface area contributed by atoms with Gasteiger partial charge in [0.05, 0.1) is 5.69 Å². The van der Waals surface area contributed by atoms with Crippen LogP contribution in [0.3, 0.4) is 0 Å². The zero-order valence-corrected chi connectivity index (χ0v) is 18.3. The quantitative estimate of drug-likeness (QED) is 0.748. The fraction of sp³-hybridized carbons (Fsp3) is 0.615. The third-order valence-electron chi connectivity index (χ3n) is 8.70. The molecule has 0 saturated heterocycles. The van der Waals surface area contributed by atoms with Crippen LogP contribution in [0.4, 0.5) is 4.39 Å². The van der Waals surface area contributed by atoms with Crippen LogP contribution >= 0.6 is 0 Å². The molecule has 0 spiro atoms. The molecule has 5 aliphatic rings. The van der Waals surface area contributed by atoms with E-state index in [0.717, 1.165) is 66.3 Å². The Morgan fingerprint density at radius 1 is 1.03 bits per heavy atom. The summed E-state index contributed by atoms with van der Waals surface area (Å²) in [4.78, 5) is 13.4. The molecule has 5 aliphatic carbocycles. The van der Waals surface area contributed by atoms with E-state index >= 15 is 0 Å². The maximum atomic E-state index is 13.4. The third kappa shape index (κ3) is 3.32. The SMILES string of the molecule is CC(NC(=O)c1nn(-c2ccc(F)cc2)c2c1CCCC2)C1C2CC3CC(C2)CC1C3. The number of carbonyl (C=O) groups excluding carboxylic acids is 1. The van der Waals surface area contributed by atoms with E-state index in [2.05, 4.69) is 12.2 Å². The number of rotatable bonds is 4. The first kappa shape index (κ1) is 19.5. The summed E-state index contributed by atoms with van der Waals surface area (Å²) >= 11 is 0. The average molecular weight is 422 g/mol. The molecule has 1 N–H and O–H groups in total. The van der Waals surface area contributed by atoms with Crippen LogP contribution in [-0.4, -0.2) is 21.7 Å². The number of nitrogens with one attached hydrogen (secondary N) is 1. The largest absolute Gasteiger partial charge is 0.348 e. The second-order valence-corrected chi connectivity index (χ2v) is 10.6. The Labute approximate surface area is 183 Å². The Balaban J connectivity index is 1.26. The fourth-order valence-corrected chi connectivity index (χ4v) is 7.73. The molecule has 1 heterocycles. The highest BCUT2D eigenvalue weighted by atomic mass is 19.1. The number of aromatic nitrogens is 2. The lowest BCUT2D eigenvalue weighted by Crippen LogP contribution is -2.53. The number of carbonyl (C=O) groups is 1. The minimum Gasteiger partial charge on any atom is -0.348 e. The lowest BCUT2D eigenvalue weighted by Gasteiger charge is -2.56. The summed E-state index contributed by atoms with van der Waals surface area (Å²) in [7, 11) is 0. The molecule has 5 heteroatoms. The summed E-state index contributed by atoms with van der Waals surface area (Å²) in [6.45, 7) is 2.22. The van der Waals surface area contributed by atoms with Crippen LogP contribution < -0.4 is 5.32 Å². The van der Waals surface area contributed by atoms with Crippen molar-refractivity contribution in [3.05, 3.63) is 47.0 Å². The first-order valence-electron chi connectivity index (χ1n) is 12.2. The van der Waals surface area contributed by atoms with E-state index in [4.69, 9.17) is 5.10 Å². The summed E-state index contributed by atoms with van der Waals surface area (Å²) in [6, 6.07) is 6.60. The van der Waals surface area contributed by atoms with Crippen LogP contribution in [-0.2, 0) is 12.8 Å². The van der Waals surface area contributed by atoms with E-state index in [-0.39, 0.29) is 17.8 Å². The zero-order valence-electron chi connectivity index (χ0n) is 18.3. The first-order chi connectivity index (χ1) is 15.1.